The maximum atomic E-state index is 10.7. The summed E-state index contributed by atoms with van der Waals surface area (Å²) in [5, 5.41) is 15.4. The molecule has 4 nitrogen and oxygen atoms in total. The van der Waals surface area contributed by atoms with Crippen LogP contribution in [0.2, 0.25) is 5.02 Å². The van der Waals surface area contributed by atoms with Gasteiger partial charge in [-0.3, -0.25) is 4.68 Å². The van der Waals surface area contributed by atoms with Crippen molar-refractivity contribution in [2.45, 2.75) is 44.8 Å². The Morgan fingerprint density at radius 2 is 2.33 bits per heavy atom. The summed E-state index contributed by atoms with van der Waals surface area (Å²) >= 11 is 6.17. The summed E-state index contributed by atoms with van der Waals surface area (Å²) in [5.74, 6) is 0.613. The van der Waals surface area contributed by atoms with Gasteiger partial charge in [0.05, 0.1) is 30.1 Å². The Bertz CT molecular complexity index is 400. The van der Waals surface area contributed by atoms with Crippen LogP contribution in [0.4, 0.5) is 0 Å². The Labute approximate surface area is 113 Å². The molecule has 0 radical (unpaired) electrons. The van der Waals surface area contributed by atoms with Gasteiger partial charge in [-0.05, 0) is 19.3 Å². The molecule has 0 amide bonds. The molecule has 0 bridgehead atoms. The zero-order valence-electron chi connectivity index (χ0n) is 11.0. The van der Waals surface area contributed by atoms with Gasteiger partial charge >= 0.3 is 0 Å². The Hall–Kier alpha value is -0.580. The third-order valence-electron chi connectivity index (χ3n) is 3.72. The van der Waals surface area contributed by atoms with Gasteiger partial charge in [-0.1, -0.05) is 30.9 Å². The lowest BCUT2D eigenvalue weighted by Gasteiger charge is -2.34. The summed E-state index contributed by atoms with van der Waals surface area (Å²) in [4.78, 5) is 0. The van der Waals surface area contributed by atoms with Crippen molar-refractivity contribution in [3.63, 3.8) is 0 Å². The summed E-state index contributed by atoms with van der Waals surface area (Å²) < 4.78 is 6.81. The highest BCUT2D eigenvalue weighted by Gasteiger charge is 2.34. The molecule has 2 rings (SSSR count). The lowest BCUT2D eigenvalue weighted by Crippen LogP contribution is -2.31. The molecule has 1 aromatic heterocycles. The fourth-order valence-corrected chi connectivity index (χ4v) is 2.95. The van der Waals surface area contributed by atoms with Gasteiger partial charge in [0.2, 0.25) is 0 Å². The number of methoxy groups -OCH3 is 1. The largest absolute Gasteiger partial charge is 0.384 e. The normalized spacial score (nSPS) is 19.6. The Morgan fingerprint density at radius 1 is 1.61 bits per heavy atom. The molecule has 1 aromatic rings. The number of nitrogens with zero attached hydrogens (tertiary/aromatic N) is 2. The highest BCUT2D eigenvalue weighted by molar-refractivity contribution is 6.31. The lowest BCUT2D eigenvalue weighted by molar-refractivity contribution is 0.00731. The molecule has 5 heteroatoms. The highest BCUT2D eigenvalue weighted by atomic mass is 35.5. The average molecular weight is 273 g/mol. The predicted octanol–water partition coefficient (Wildman–Crippen LogP) is 2.58. The SMILES string of the molecule is COCCn1ncc(Cl)c1C(C)(O)CC1CCC1. The van der Waals surface area contributed by atoms with E-state index >= 15 is 0 Å². The minimum absolute atomic E-state index is 0.537. The number of rotatable bonds is 6. The molecular formula is C13H21ClN2O2. The number of halogens is 1. The van der Waals surface area contributed by atoms with Crippen LogP contribution in [0.15, 0.2) is 6.20 Å². The molecular weight excluding hydrogens is 252 g/mol. The second-order valence-electron chi connectivity index (χ2n) is 5.33. The third kappa shape index (κ3) is 2.87. The summed E-state index contributed by atoms with van der Waals surface area (Å²) in [6.07, 6.45) is 6.05. The molecule has 1 unspecified atom stereocenters. The quantitative estimate of drug-likeness (QED) is 0.866. The highest BCUT2D eigenvalue weighted by Crippen LogP contribution is 2.39. The number of hydrogen-bond acceptors (Lipinski definition) is 3. The third-order valence-corrected chi connectivity index (χ3v) is 4.00. The summed E-state index contributed by atoms with van der Waals surface area (Å²) in [5.41, 5.74) is -0.194. The van der Waals surface area contributed by atoms with Gasteiger partial charge in [0, 0.05) is 7.11 Å². The molecule has 1 saturated carbocycles. The molecule has 102 valence electrons. The van der Waals surface area contributed by atoms with E-state index in [4.69, 9.17) is 16.3 Å². The molecule has 1 aliphatic carbocycles. The van der Waals surface area contributed by atoms with Gasteiger partial charge in [-0.25, -0.2) is 0 Å². The van der Waals surface area contributed by atoms with Gasteiger partial charge in [0.15, 0.2) is 0 Å². The van der Waals surface area contributed by atoms with Gasteiger partial charge in [0.1, 0.15) is 5.60 Å². The van der Waals surface area contributed by atoms with E-state index in [9.17, 15) is 5.11 Å². The molecule has 0 spiro atoms. The molecule has 0 aromatic carbocycles. The Balaban J connectivity index is 2.15. The topological polar surface area (TPSA) is 47.3 Å². The van der Waals surface area contributed by atoms with Crippen LogP contribution in [0.25, 0.3) is 0 Å². The van der Waals surface area contributed by atoms with Crippen LogP contribution >= 0.6 is 11.6 Å². The maximum Gasteiger partial charge on any atom is 0.105 e. The summed E-state index contributed by atoms with van der Waals surface area (Å²) in [6.45, 7) is 3.00. The van der Waals surface area contributed by atoms with E-state index in [1.807, 2.05) is 6.92 Å². The van der Waals surface area contributed by atoms with Crippen molar-refractivity contribution < 1.29 is 9.84 Å². The van der Waals surface area contributed by atoms with Crippen molar-refractivity contribution >= 4 is 11.6 Å². The van der Waals surface area contributed by atoms with E-state index in [0.717, 1.165) is 6.42 Å². The van der Waals surface area contributed by atoms with Gasteiger partial charge in [-0.2, -0.15) is 5.10 Å². The summed E-state index contributed by atoms with van der Waals surface area (Å²) in [7, 11) is 1.65. The Kier molecular flexibility index (Phi) is 4.30. The molecule has 0 aliphatic heterocycles. The van der Waals surface area contributed by atoms with Crippen molar-refractivity contribution in [2.75, 3.05) is 13.7 Å². The van der Waals surface area contributed by atoms with Crippen molar-refractivity contribution in [2.24, 2.45) is 5.92 Å². The number of ether oxygens (including phenoxy) is 1. The first-order chi connectivity index (χ1) is 8.54. The van der Waals surface area contributed by atoms with Crippen LogP contribution in [0.5, 0.6) is 0 Å². The van der Waals surface area contributed by atoms with Crippen LogP contribution in [-0.4, -0.2) is 28.6 Å². The van der Waals surface area contributed by atoms with Crippen LogP contribution in [0.1, 0.15) is 38.3 Å². The molecule has 0 saturated heterocycles. The van der Waals surface area contributed by atoms with Crippen LogP contribution in [-0.2, 0) is 16.9 Å². The van der Waals surface area contributed by atoms with Gasteiger partial charge < -0.3 is 9.84 Å². The van der Waals surface area contributed by atoms with E-state index < -0.39 is 5.60 Å². The second kappa shape index (κ2) is 5.59. The van der Waals surface area contributed by atoms with Crippen LogP contribution < -0.4 is 0 Å². The molecule has 1 atom stereocenters. The van der Waals surface area contributed by atoms with Crippen molar-refractivity contribution in [3.8, 4) is 0 Å². The van der Waals surface area contributed by atoms with E-state index in [1.165, 1.54) is 19.3 Å². The molecule has 1 heterocycles. The second-order valence-corrected chi connectivity index (χ2v) is 5.74. The molecule has 18 heavy (non-hydrogen) atoms. The minimum atomic E-state index is -0.910. The lowest BCUT2D eigenvalue weighted by atomic mass is 9.77. The standard InChI is InChI=1S/C13H21ClN2O2/c1-13(17,8-10-4-3-5-10)12-11(14)9-15-16(12)6-7-18-2/h9-10,17H,3-8H2,1-2H3. The van der Waals surface area contributed by atoms with Gasteiger partial charge in [-0.15, -0.1) is 0 Å². The van der Waals surface area contributed by atoms with Crippen molar-refractivity contribution in [3.05, 3.63) is 16.9 Å². The number of hydrogen-bond donors (Lipinski definition) is 1. The van der Waals surface area contributed by atoms with Crippen molar-refractivity contribution in [1.29, 1.82) is 0 Å². The molecule has 1 fully saturated rings. The fraction of sp³-hybridized carbons (Fsp3) is 0.769. The van der Waals surface area contributed by atoms with E-state index in [1.54, 1.807) is 18.0 Å². The van der Waals surface area contributed by atoms with Crippen LogP contribution in [0.3, 0.4) is 0 Å². The average Bonchev–Trinajstić information content (AvgIpc) is 2.63. The predicted molar refractivity (Wildman–Crippen MR) is 70.6 cm³/mol. The van der Waals surface area contributed by atoms with Gasteiger partial charge in [0.25, 0.3) is 0 Å². The first kappa shape index (κ1) is 13.8. The first-order valence-electron chi connectivity index (χ1n) is 6.47. The van der Waals surface area contributed by atoms with E-state index in [2.05, 4.69) is 5.10 Å². The fourth-order valence-electron chi connectivity index (χ4n) is 2.60. The van der Waals surface area contributed by atoms with Crippen molar-refractivity contribution in [1.82, 2.24) is 9.78 Å². The summed E-state index contributed by atoms with van der Waals surface area (Å²) in [6, 6.07) is 0. The minimum Gasteiger partial charge on any atom is -0.384 e. The number of aromatic nitrogens is 2. The smallest absolute Gasteiger partial charge is 0.105 e. The Morgan fingerprint density at radius 3 is 2.89 bits per heavy atom. The monoisotopic (exact) mass is 272 g/mol. The van der Waals surface area contributed by atoms with E-state index in [-0.39, 0.29) is 0 Å². The first-order valence-corrected chi connectivity index (χ1v) is 6.85. The number of aliphatic hydroxyl groups is 1. The maximum absolute atomic E-state index is 10.7. The molecule has 1 aliphatic rings. The zero-order valence-corrected chi connectivity index (χ0v) is 11.8. The van der Waals surface area contributed by atoms with Crippen LogP contribution in [0, 0.1) is 5.92 Å². The molecule has 1 N–H and O–H groups in total. The van der Waals surface area contributed by atoms with E-state index in [0.29, 0.717) is 29.8 Å². The zero-order chi connectivity index (χ0) is 13.2.